The third kappa shape index (κ3) is 4.39. The molecule has 2 aromatic rings. The first-order chi connectivity index (χ1) is 11.7. The molecule has 0 amide bonds. The van der Waals surface area contributed by atoms with E-state index in [1.165, 1.54) is 0 Å². The summed E-state index contributed by atoms with van der Waals surface area (Å²) in [6.45, 7) is 1.89. The third-order valence-corrected chi connectivity index (χ3v) is 3.76. The maximum absolute atomic E-state index is 12.0. The highest BCUT2D eigenvalue weighted by Crippen LogP contribution is 2.22. The van der Waals surface area contributed by atoms with Crippen molar-refractivity contribution < 1.29 is 23.1 Å². The van der Waals surface area contributed by atoms with Crippen LogP contribution in [-0.4, -0.2) is 39.9 Å². The molecule has 25 heavy (non-hydrogen) atoms. The fraction of sp³-hybridized carbons (Fsp3) is 0.400. The van der Waals surface area contributed by atoms with E-state index in [0.29, 0.717) is 5.56 Å². The van der Waals surface area contributed by atoms with E-state index in [4.69, 9.17) is 15.2 Å². The van der Waals surface area contributed by atoms with E-state index < -0.39 is 12.1 Å². The summed E-state index contributed by atoms with van der Waals surface area (Å²) in [6.07, 6.45) is -3.15. The topological polar surface area (TPSA) is 111 Å². The van der Waals surface area contributed by atoms with Crippen molar-refractivity contribution in [1.29, 1.82) is 5.26 Å². The van der Waals surface area contributed by atoms with Crippen molar-refractivity contribution in [2.45, 2.75) is 25.1 Å². The lowest BCUT2D eigenvalue weighted by atomic mass is 10.1. The molecule has 134 valence electrons. The average Bonchev–Trinajstić information content (AvgIpc) is 2.90. The van der Waals surface area contributed by atoms with Crippen LogP contribution in [0.15, 0.2) is 23.0 Å². The number of fused-ring (bicyclic) bond motifs is 1. The van der Waals surface area contributed by atoms with E-state index in [1.807, 2.05) is 10.6 Å². The van der Waals surface area contributed by atoms with Gasteiger partial charge >= 0.3 is 17.8 Å². The maximum Gasteiger partial charge on any atom is 0.490 e. The molecule has 2 heterocycles. The summed E-state index contributed by atoms with van der Waals surface area (Å²) in [5, 5.41) is 19.3. The van der Waals surface area contributed by atoms with Crippen molar-refractivity contribution in [3.8, 4) is 6.07 Å². The van der Waals surface area contributed by atoms with E-state index >= 15 is 0 Å². The third-order valence-electron chi connectivity index (χ3n) is 3.76. The number of aromatic amines is 1. The molecule has 0 saturated carbocycles. The number of carboxylic acid groups (broad SMARTS) is 1. The van der Waals surface area contributed by atoms with Crippen LogP contribution in [0.25, 0.3) is 11.0 Å². The van der Waals surface area contributed by atoms with Crippen LogP contribution < -0.4 is 11.0 Å². The van der Waals surface area contributed by atoms with Crippen LogP contribution in [0, 0.1) is 11.3 Å². The number of nitrogens with one attached hydrogen (secondary N) is 2. The van der Waals surface area contributed by atoms with Gasteiger partial charge in [-0.2, -0.15) is 18.4 Å². The molecular weight excluding hydrogens is 341 g/mol. The summed E-state index contributed by atoms with van der Waals surface area (Å²) in [5.74, 6) is -2.76. The number of nitriles is 1. The first-order valence-corrected chi connectivity index (χ1v) is 7.39. The summed E-state index contributed by atoms with van der Waals surface area (Å²) in [4.78, 5) is 23.8. The SMILES string of the molecule is N#Cc1ccc2c(c1)[nH]c(=O)n2C1CCNCC1.O=C(O)C(F)(F)F. The van der Waals surface area contributed by atoms with Crippen molar-refractivity contribution >= 4 is 17.0 Å². The second-order valence-electron chi connectivity index (χ2n) is 5.43. The lowest BCUT2D eigenvalue weighted by Gasteiger charge is -2.23. The van der Waals surface area contributed by atoms with Crippen LogP contribution in [-0.2, 0) is 4.79 Å². The smallest absolute Gasteiger partial charge is 0.475 e. The molecule has 3 rings (SSSR count). The van der Waals surface area contributed by atoms with Crippen LogP contribution >= 0.6 is 0 Å². The number of imidazole rings is 1. The fourth-order valence-electron chi connectivity index (χ4n) is 2.63. The molecule has 1 fully saturated rings. The van der Waals surface area contributed by atoms with Gasteiger partial charge in [-0.3, -0.25) is 4.57 Å². The Morgan fingerprint density at radius 3 is 2.44 bits per heavy atom. The summed E-state index contributed by atoms with van der Waals surface area (Å²) in [6, 6.07) is 7.68. The monoisotopic (exact) mass is 356 g/mol. The predicted molar refractivity (Wildman–Crippen MR) is 82.1 cm³/mol. The second kappa shape index (κ2) is 7.40. The summed E-state index contributed by atoms with van der Waals surface area (Å²) in [7, 11) is 0. The zero-order valence-corrected chi connectivity index (χ0v) is 12.9. The Labute approximate surface area is 139 Å². The molecule has 0 bridgehead atoms. The number of rotatable bonds is 1. The molecule has 0 unspecified atom stereocenters. The van der Waals surface area contributed by atoms with Gasteiger partial charge in [0.2, 0.25) is 0 Å². The van der Waals surface area contributed by atoms with E-state index in [0.717, 1.165) is 37.0 Å². The van der Waals surface area contributed by atoms with Crippen LogP contribution in [0.2, 0.25) is 0 Å². The highest BCUT2D eigenvalue weighted by Gasteiger charge is 2.38. The Hall–Kier alpha value is -2.80. The zero-order chi connectivity index (χ0) is 18.6. The molecule has 0 aliphatic carbocycles. The van der Waals surface area contributed by atoms with Crippen LogP contribution in [0.1, 0.15) is 24.4 Å². The number of aliphatic carboxylic acids is 1. The molecule has 1 aromatic carbocycles. The quantitative estimate of drug-likeness (QED) is 0.721. The van der Waals surface area contributed by atoms with Gasteiger partial charge in [-0.05, 0) is 44.1 Å². The van der Waals surface area contributed by atoms with Crippen LogP contribution in [0.3, 0.4) is 0 Å². The van der Waals surface area contributed by atoms with Crippen molar-refractivity contribution in [3.05, 3.63) is 34.2 Å². The Kier molecular flexibility index (Phi) is 5.48. The number of carboxylic acids is 1. The molecule has 1 aromatic heterocycles. The number of nitrogens with zero attached hydrogens (tertiary/aromatic N) is 2. The molecule has 7 nitrogen and oxygen atoms in total. The van der Waals surface area contributed by atoms with E-state index in [-0.39, 0.29) is 11.7 Å². The Bertz CT molecular complexity index is 857. The van der Waals surface area contributed by atoms with Gasteiger partial charge in [-0.1, -0.05) is 0 Å². The second-order valence-corrected chi connectivity index (χ2v) is 5.43. The van der Waals surface area contributed by atoms with E-state index in [2.05, 4.69) is 16.4 Å². The molecule has 0 atom stereocenters. The van der Waals surface area contributed by atoms with Gasteiger partial charge in [0.15, 0.2) is 0 Å². The normalized spacial score (nSPS) is 15.3. The molecule has 0 radical (unpaired) electrons. The molecule has 3 N–H and O–H groups in total. The first-order valence-electron chi connectivity index (χ1n) is 7.39. The number of hydrogen-bond acceptors (Lipinski definition) is 4. The van der Waals surface area contributed by atoms with Crippen molar-refractivity contribution in [2.75, 3.05) is 13.1 Å². The number of H-pyrrole nitrogens is 1. The summed E-state index contributed by atoms with van der Waals surface area (Å²) in [5.41, 5.74) is 2.14. The van der Waals surface area contributed by atoms with E-state index in [9.17, 15) is 18.0 Å². The van der Waals surface area contributed by atoms with Crippen molar-refractivity contribution in [3.63, 3.8) is 0 Å². The van der Waals surface area contributed by atoms with Crippen molar-refractivity contribution in [1.82, 2.24) is 14.9 Å². The highest BCUT2D eigenvalue weighted by molar-refractivity contribution is 5.77. The zero-order valence-electron chi connectivity index (χ0n) is 12.9. The van der Waals surface area contributed by atoms with Gasteiger partial charge in [-0.25, -0.2) is 9.59 Å². The minimum atomic E-state index is -5.08. The first kappa shape index (κ1) is 18.5. The molecule has 10 heteroatoms. The van der Waals surface area contributed by atoms with Crippen LogP contribution in [0.5, 0.6) is 0 Å². The van der Waals surface area contributed by atoms with Gasteiger partial charge in [0.25, 0.3) is 0 Å². The van der Waals surface area contributed by atoms with Gasteiger partial charge in [-0.15, -0.1) is 0 Å². The minimum absolute atomic E-state index is 0.0769. The number of halogens is 3. The highest BCUT2D eigenvalue weighted by atomic mass is 19.4. The Morgan fingerprint density at radius 1 is 1.32 bits per heavy atom. The Balaban J connectivity index is 0.000000277. The number of hydrogen-bond donors (Lipinski definition) is 3. The van der Waals surface area contributed by atoms with Gasteiger partial charge in [0, 0.05) is 6.04 Å². The summed E-state index contributed by atoms with van der Waals surface area (Å²) < 4.78 is 33.6. The maximum atomic E-state index is 12.0. The molecule has 1 aliphatic heterocycles. The van der Waals surface area contributed by atoms with E-state index in [1.54, 1.807) is 12.1 Å². The molecule has 1 aliphatic rings. The van der Waals surface area contributed by atoms with Gasteiger partial charge in [0.05, 0.1) is 22.7 Å². The molecule has 0 spiro atoms. The summed E-state index contributed by atoms with van der Waals surface area (Å²) >= 11 is 0. The predicted octanol–water partition coefficient (Wildman–Crippen LogP) is 1.76. The number of benzene rings is 1. The molecular formula is C15H15F3N4O3. The Morgan fingerprint density at radius 2 is 1.92 bits per heavy atom. The number of piperidine rings is 1. The lowest BCUT2D eigenvalue weighted by Crippen LogP contribution is -2.33. The lowest BCUT2D eigenvalue weighted by molar-refractivity contribution is -0.192. The van der Waals surface area contributed by atoms with Crippen molar-refractivity contribution in [2.24, 2.45) is 0 Å². The average molecular weight is 356 g/mol. The minimum Gasteiger partial charge on any atom is -0.475 e. The fourth-order valence-corrected chi connectivity index (χ4v) is 2.63. The number of carbonyl (C=O) groups is 1. The molecule has 1 saturated heterocycles. The largest absolute Gasteiger partial charge is 0.490 e. The standard InChI is InChI=1S/C13H14N4O.C2HF3O2/c14-8-9-1-2-12-11(7-9)16-13(18)17(12)10-3-5-15-6-4-10;3-2(4,5)1(6)7/h1-2,7,10,15H,3-6H2,(H,16,18);(H,6,7). The number of aromatic nitrogens is 2. The van der Waals surface area contributed by atoms with Crippen LogP contribution in [0.4, 0.5) is 13.2 Å². The van der Waals surface area contributed by atoms with Gasteiger partial charge in [0.1, 0.15) is 0 Å². The van der Waals surface area contributed by atoms with Gasteiger partial charge < -0.3 is 15.4 Å². The number of alkyl halides is 3.